The molecule has 0 aromatic rings. The van der Waals surface area contributed by atoms with E-state index in [4.69, 9.17) is 0 Å². The SMILES string of the molecule is CC(C)CC(F)C[O]. The van der Waals surface area contributed by atoms with Crippen molar-refractivity contribution in [2.24, 2.45) is 5.92 Å². The van der Waals surface area contributed by atoms with E-state index in [2.05, 4.69) is 0 Å². The largest absolute Gasteiger partial charge is 0.245 e. The molecular weight excluding hydrogens is 107 g/mol. The lowest BCUT2D eigenvalue weighted by Crippen LogP contribution is -2.07. The van der Waals surface area contributed by atoms with Gasteiger partial charge in [-0.15, -0.1) is 0 Å². The van der Waals surface area contributed by atoms with E-state index in [-0.39, 0.29) is 0 Å². The number of hydrogen-bond donors (Lipinski definition) is 0. The van der Waals surface area contributed by atoms with Gasteiger partial charge in [0.25, 0.3) is 0 Å². The molecule has 0 saturated carbocycles. The second-order valence-corrected chi connectivity index (χ2v) is 2.39. The summed E-state index contributed by atoms with van der Waals surface area (Å²) < 4.78 is 12.1. The summed E-state index contributed by atoms with van der Waals surface area (Å²) in [5, 5.41) is 9.79. The number of halogens is 1. The summed E-state index contributed by atoms with van der Waals surface area (Å²) in [7, 11) is 0. The molecule has 1 atom stereocenters. The molecular formula is C6H12FO. The van der Waals surface area contributed by atoms with Crippen molar-refractivity contribution in [3.05, 3.63) is 0 Å². The predicted molar refractivity (Wildman–Crippen MR) is 29.9 cm³/mol. The highest BCUT2D eigenvalue weighted by Gasteiger charge is 2.06. The van der Waals surface area contributed by atoms with E-state index in [1.54, 1.807) is 0 Å². The molecule has 0 saturated heterocycles. The Morgan fingerprint density at radius 2 is 2.00 bits per heavy atom. The quantitative estimate of drug-likeness (QED) is 0.540. The zero-order chi connectivity index (χ0) is 6.57. The molecule has 2 heteroatoms. The lowest BCUT2D eigenvalue weighted by Gasteiger charge is -2.04. The smallest absolute Gasteiger partial charge is 0.127 e. The van der Waals surface area contributed by atoms with E-state index >= 15 is 0 Å². The van der Waals surface area contributed by atoms with Crippen molar-refractivity contribution in [3.8, 4) is 0 Å². The van der Waals surface area contributed by atoms with E-state index < -0.39 is 12.8 Å². The topological polar surface area (TPSA) is 19.9 Å². The highest BCUT2D eigenvalue weighted by molar-refractivity contribution is 4.55. The predicted octanol–water partition coefficient (Wildman–Crippen LogP) is 1.80. The minimum atomic E-state index is -1.13. The van der Waals surface area contributed by atoms with E-state index in [0.717, 1.165) is 0 Å². The second kappa shape index (κ2) is 3.84. The Labute approximate surface area is 49.5 Å². The summed E-state index contributed by atoms with van der Waals surface area (Å²) in [6.07, 6.45) is -0.723. The molecule has 0 N–H and O–H groups in total. The molecule has 0 spiro atoms. The molecule has 0 aliphatic rings. The van der Waals surface area contributed by atoms with Crippen LogP contribution in [0.1, 0.15) is 20.3 Å². The van der Waals surface area contributed by atoms with E-state index in [0.29, 0.717) is 12.3 Å². The Balaban J connectivity index is 3.10. The average molecular weight is 119 g/mol. The van der Waals surface area contributed by atoms with Gasteiger partial charge in [0.05, 0.1) is 0 Å². The van der Waals surface area contributed by atoms with Gasteiger partial charge in [0.2, 0.25) is 0 Å². The lowest BCUT2D eigenvalue weighted by molar-refractivity contribution is 0.102. The van der Waals surface area contributed by atoms with Gasteiger partial charge in [-0.05, 0) is 12.3 Å². The zero-order valence-electron chi connectivity index (χ0n) is 5.36. The van der Waals surface area contributed by atoms with Gasteiger partial charge in [-0.3, -0.25) is 0 Å². The van der Waals surface area contributed by atoms with Crippen LogP contribution in [0.5, 0.6) is 0 Å². The number of alkyl halides is 1. The van der Waals surface area contributed by atoms with Gasteiger partial charge in [0.1, 0.15) is 12.8 Å². The lowest BCUT2D eigenvalue weighted by atomic mass is 10.1. The third kappa shape index (κ3) is 4.06. The van der Waals surface area contributed by atoms with Crippen LogP contribution in [-0.4, -0.2) is 12.8 Å². The maximum absolute atomic E-state index is 12.1. The number of rotatable bonds is 3. The summed E-state index contributed by atoms with van der Waals surface area (Å²) >= 11 is 0. The molecule has 0 amide bonds. The van der Waals surface area contributed by atoms with Crippen LogP contribution < -0.4 is 0 Å². The first-order valence-electron chi connectivity index (χ1n) is 2.89. The van der Waals surface area contributed by atoms with Crippen LogP contribution in [-0.2, 0) is 5.11 Å². The molecule has 0 aromatic heterocycles. The van der Waals surface area contributed by atoms with Crippen LogP contribution in [0.2, 0.25) is 0 Å². The van der Waals surface area contributed by atoms with E-state index in [9.17, 15) is 9.50 Å². The van der Waals surface area contributed by atoms with Crippen LogP contribution in [0, 0.1) is 5.92 Å². The van der Waals surface area contributed by atoms with Crippen LogP contribution >= 0.6 is 0 Å². The normalized spacial score (nSPS) is 14.6. The van der Waals surface area contributed by atoms with Gasteiger partial charge in [-0.1, -0.05) is 13.8 Å². The van der Waals surface area contributed by atoms with Crippen molar-refractivity contribution in [2.45, 2.75) is 26.4 Å². The van der Waals surface area contributed by atoms with Gasteiger partial charge in [-0.25, -0.2) is 9.50 Å². The second-order valence-electron chi connectivity index (χ2n) is 2.39. The van der Waals surface area contributed by atoms with Crippen molar-refractivity contribution in [3.63, 3.8) is 0 Å². The standard InChI is InChI=1S/C6H12FO/c1-5(2)3-6(7)4-8/h5-6H,3-4H2,1-2H3. The number of hydrogen-bond acceptors (Lipinski definition) is 0. The third-order valence-electron chi connectivity index (χ3n) is 0.908. The van der Waals surface area contributed by atoms with Crippen molar-refractivity contribution in [1.29, 1.82) is 0 Å². The monoisotopic (exact) mass is 119 g/mol. The molecule has 0 aliphatic carbocycles. The molecule has 8 heavy (non-hydrogen) atoms. The molecule has 1 nitrogen and oxygen atoms in total. The molecule has 1 unspecified atom stereocenters. The Hall–Kier alpha value is -0.110. The first-order chi connectivity index (χ1) is 3.66. The highest BCUT2D eigenvalue weighted by Crippen LogP contribution is 2.06. The van der Waals surface area contributed by atoms with Crippen molar-refractivity contribution >= 4 is 0 Å². The van der Waals surface area contributed by atoms with Crippen LogP contribution in [0.4, 0.5) is 4.39 Å². The first kappa shape index (κ1) is 7.89. The zero-order valence-corrected chi connectivity index (χ0v) is 5.36. The molecule has 0 aromatic carbocycles. The summed E-state index contributed by atoms with van der Waals surface area (Å²) in [5.74, 6) is 0.305. The summed E-state index contributed by atoms with van der Waals surface area (Å²) in [5.41, 5.74) is 0. The fraction of sp³-hybridized carbons (Fsp3) is 1.00. The molecule has 0 bridgehead atoms. The molecule has 0 fully saturated rings. The average Bonchev–Trinajstić information content (AvgIpc) is 1.65. The van der Waals surface area contributed by atoms with E-state index in [1.807, 2.05) is 13.8 Å². The summed E-state index contributed by atoms with van der Waals surface area (Å²) in [6, 6.07) is 0. The van der Waals surface area contributed by atoms with Gasteiger partial charge >= 0.3 is 0 Å². The fourth-order valence-corrected chi connectivity index (χ4v) is 0.580. The van der Waals surface area contributed by atoms with Gasteiger partial charge in [0, 0.05) is 0 Å². The third-order valence-corrected chi connectivity index (χ3v) is 0.908. The summed E-state index contributed by atoms with van der Waals surface area (Å²) in [6.45, 7) is 3.22. The van der Waals surface area contributed by atoms with Gasteiger partial charge in [-0.2, -0.15) is 0 Å². The van der Waals surface area contributed by atoms with Crippen LogP contribution in [0.3, 0.4) is 0 Å². The maximum Gasteiger partial charge on any atom is 0.127 e. The Kier molecular flexibility index (Phi) is 3.79. The summed E-state index contributed by atoms with van der Waals surface area (Å²) in [4.78, 5) is 0. The van der Waals surface area contributed by atoms with Gasteiger partial charge < -0.3 is 0 Å². The molecule has 0 heterocycles. The Morgan fingerprint density at radius 3 is 2.12 bits per heavy atom. The van der Waals surface area contributed by atoms with E-state index in [1.165, 1.54) is 0 Å². The Morgan fingerprint density at radius 1 is 1.50 bits per heavy atom. The Bertz CT molecular complexity index is 54.5. The first-order valence-corrected chi connectivity index (χ1v) is 2.89. The van der Waals surface area contributed by atoms with Crippen molar-refractivity contribution in [2.75, 3.05) is 6.61 Å². The molecule has 1 radical (unpaired) electrons. The molecule has 0 rings (SSSR count). The molecule has 49 valence electrons. The van der Waals surface area contributed by atoms with Crippen molar-refractivity contribution < 1.29 is 9.50 Å². The molecule has 0 aliphatic heterocycles. The van der Waals surface area contributed by atoms with Gasteiger partial charge in [0.15, 0.2) is 0 Å². The van der Waals surface area contributed by atoms with Crippen LogP contribution in [0.25, 0.3) is 0 Å². The minimum absolute atomic E-state index is 0.305. The van der Waals surface area contributed by atoms with Crippen molar-refractivity contribution in [1.82, 2.24) is 0 Å². The maximum atomic E-state index is 12.1. The minimum Gasteiger partial charge on any atom is -0.245 e. The highest BCUT2D eigenvalue weighted by atomic mass is 19.1. The van der Waals surface area contributed by atoms with Crippen LogP contribution in [0.15, 0.2) is 0 Å². The fourth-order valence-electron chi connectivity index (χ4n) is 0.580.